The zero-order valence-corrected chi connectivity index (χ0v) is 19.1. The topological polar surface area (TPSA) is 84.8 Å². The minimum Gasteiger partial charge on any atom is -0.391 e. The largest absolute Gasteiger partial charge is 0.391 e. The number of rotatable bonds is 8. The van der Waals surface area contributed by atoms with Crippen molar-refractivity contribution in [3.05, 3.63) is 70.3 Å². The summed E-state index contributed by atoms with van der Waals surface area (Å²) in [5, 5.41) is 6.62. The summed E-state index contributed by atoms with van der Waals surface area (Å²) in [5.41, 5.74) is 5.08. The third-order valence-corrected chi connectivity index (χ3v) is 5.87. The van der Waals surface area contributed by atoms with Gasteiger partial charge in [0.15, 0.2) is 5.78 Å². The normalized spacial score (nSPS) is 18.7. The van der Waals surface area contributed by atoms with Gasteiger partial charge in [0, 0.05) is 18.9 Å². The van der Waals surface area contributed by atoms with Gasteiger partial charge >= 0.3 is 0 Å². The monoisotopic (exact) mass is 434 g/mol. The first-order valence-electron chi connectivity index (χ1n) is 10.9. The molecule has 0 aliphatic heterocycles. The predicted molar refractivity (Wildman–Crippen MR) is 123 cm³/mol. The van der Waals surface area contributed by atoms with E-state index in [1.165, 1.54) is 0 Å². The standard InChI is InChI=1S/C26H30N2O4/c1-16-12-17(2)23(18(3)13-16)24-22(29)14-21(25(24)30)10-11-27-26(31)19(4)28-32-15-20-8-6-5-7-9-20/h5-9,12-13,21,24H,10-11,14-15H2,1-4H3,(H,27,31). The molecule has 1 aliphatic carbocycles. The van der Waals surface area contributed by atoms with E-state index < -0.39 is 5.92 Å². The second-order valence-electron chi connectivity index (χ2n) is 8.50. The van der Waals surface area contributed by atoms with Crippen molar-refractivity contribution in [2.45, 2.75) is 53.1 Å². The van der Waals surface area contributed by atoms with Crippen molar-refractivity contribution in [3.8, 4) is 0 Å². The zero-order chi connectivity index (χ0) is 23.3. The van der Waals surface area contributed by atoms with Crippen LogP contribution in [0.5, 0.6) is 0 Å². The van der Waals surface area contributed by atoms with Gasteiger partial charge in [-0.15, -0.1) is 0 Å². The van der Waals surface area contributed by atoms with Gasteiger partial charge in [0.2, 0.25) is 0 Å². The number of Topliss-reactive ketones (excluding diaryl/α,β-unsaturated/α-hetero) is 2. The van der Waals surface area contributed by atoms with E-state index in [4.69, 9.17) is 4.84 Å². The molecule has 6 nitrogen and oxygen atoms in total. The summed E-state index contributed by atoms with van der Waals surface area (Å²) in [6, 6.07) is 13.6. The molecule has 0 saturated heterocycles. The first kappa shape index (κ1) is 23.4. The van der Waals surface area contributed by atoms with Crippen molar-refractivity contribution in [2.24, 2.45) is 11.1 Å². The van der Waals surface area contributed by atoms with E-state index in [1.54, 1.807) is 6.92 Å². The van der Waals surface area contributed by atoms with Gasteiger partial charge in [-0.2, -0.15) is 0 Å². The van der Waals surface area contributed by atoms with Gasteiger partial charge in [-0.05, 0) is 56.4 Å². The van der Waals surface area contributed by atoms with E-state index >= 15 is 0 Å². The molecule has 3 rings (SSSR count). The Bertz CT molecular complexity index is 1020. The summed E-state index contributed by atoms with van der Waals surface area (Å²) in [7, 11) is 0. The first-order chi connectivity index (χ1) is 15.3. The fourth-order valence-corrected chi connectivity index (χ4v) is 4.36. The number of aryl methyl sites for hydroxylation is 3. The second kappa shape index (κ2) is 10.4. The molecular formula is C26H30N2O4. The molecule has 2 unspecified atom stereocenters. The quantitative estimate of drug-likeness (QED) is 0.387. The lowest BCUT2D eigenvalue weighted by molar-refractivity contribution is -0.125. The van der Waals surface area contributed by atoms with Crippen molar-refractivity contribution >= 4 is 23.2 Å². The number of amides is 1. The number of carbonyl (C=O) groups is 3. The number of nitrogens with zero attached hydrogens (tertiary/aromatic N) is 1. The summed E-state index contributed by atoms with van der Waals surface area (Å²) >= 11 is 0. The number of hydrogen-bond donors (Lipinski definition) is 1. The van der Waals surface area contributed by atoms with E-state index in [-0.39, 0.29) is 42.1 Å². The van der Waals surface area contributed by atoms with Gasteiger partial charge in [0.05, 0.1) is 0 Å². The maximum atomic E-state index is 13.0. The predicted octanol–water partition coefficient (Wildman–Crippen LogP) is 3.95. The van der Waals surface area contributed by atoms with E-state index in [9.17, 15) is 14.4 Å². The zero-order valence-electron chi connectivity index (χ0n) is 19.1. The second-order valence-corrected chi connectivity index (χ2v) is 8.50. The SMILES string of the molecule is CC(=NOCc1ccccc1)C(=O)NCCC1CC(=O)C(c2c(C)cc(C)cc2C)C1=O. The molecule has 0 bridgehead atoms. The third kappa shape index (κ3) is 5.49. The van der Waals surface area contributed by atoms with Gasteiger partial charge in [-0.25, -0.2) is 0 Å². The van der Waals surface area contributed by atoms with E-state index in [1.807, 2.05) is 63.2 Å². The van der Waals surface area contributed by atoms with Crippen LogP contribution in [0.4, 0.5) is 0 Å². The van der Waals surface area contributed by atoms with Gasteiger partial charge in [-0.3, -0.25) is 14.4 Å². The lowest BCUT2D eigenvalue weighted by Gasteiger charge is -2.16. The van der Waals surface area contributed by atoms with Crippen molar-refractivity contribution in [1.29, 1.82) is 0 Å². The first-order valence-corrected chi connectivity index (χ1v) is 10.9. The Morgan fingerprint density at radius 3 is 2.41 bits per heavy atom. The summed E-state index contributed by atoms with van der Waals surface area (Å²) in [4.78, 5) is 43.2. The molecule has 6 heteroatoms. The number of benzene rings is 2. The lowest BCUT2D eigenvalue weighted by Crippen LogP contribution is -2.32. The van der Waals surface area contributed by atoms with E-state index in [0.717, 1.165) is 27.8 Å². The maximum Gasteiger partial charge on any atom is 0.268 e. The average Bonchev–Trinajstić information content (AvgIpc) is 3.01. The Balaban J connectivity index is 1.52. The fourth-order valence-electron chi connectivity index (χ4n) is 4.36. The molecule has 2 aromatic rings. The van der Waals surface area contributed by atoms with Crippen LogP contribution in [-0.4, -0.2) is 29.7 Å². The summed E-state index contributed by atoms with van der Waals surface area (Å²) in [5.74, 6) is -1.49. The highest BCUT2D eigenvalue weighted by Crippen LogP contribution is 2.37. The van der Waals surface area contributed by atoms with Crippen molar-refractivity contribution in [2.75, 3.05) is 6.54 Å². The highest BCUT2D eigenvalue weighted by Gasteiger charge is 2.42. The van der Waals surface area contributed by atoms with E-state index in [0.29, 0.717) is 13.0 Å². The Labute approximate surface area is 189 Å². The summed E-state index contributed by atoms with van der Waals surface area (Å²) in [6.07, 6.45) is 0.647. The lowest BCUT2D eigenvalue weighted by atomic mass is 9.86. The fraction of sp³-hybridized carbons (Fsp3) is 0.385. The van der Waals surface area contributed by atoms with Crippen LogP contribution < -0.4 is 5.32 Å². The number of hydrogen-bond acceptors (Lipinski definition) is 5. The van der Waals surface area contributed by atoms with Crippen LogP contribution >= 0.6 is 0 Å². The number of nitrogens with one attached hydrogen (secondary N) is 1. The van der Waals surface area contributed by atoms with Crippen molar-refractivity contribution < 1.29 is 19.2 Å². The van der Waals surface area contributed by atoms with Crippen LogP contribution in [0.25, 0.3) is 0 Å². The molecule has 2 aromatic carbocycles. The number of carbonyl (C=O) groups excluding carboxylic acids is 3. The number of ketones is 2. The molecule has 1 N–H and O–H groups in total. The smallest absolute Gasteiger partial charge is 0.268 e. The highest BCUT2D eigenvalue weighted by atomic mass is 16.6. The third-order valence-electron chi connectivity index (χ3n) is 5.87. The van der Waals surface area contributed by atoms with Gasteiger partial charge < -0.3 is 10.2 Å². The summed E-state index contributed by atoms with van der Waals surface area (Å²) < 4.78 is 0. The van der Waals surface area contributed by atoms with E-state index in [2.05, 4.69) is 10.5 Å². The van der Waals surface area contributed by atoms with Crippen LogP contribution in [0.2, 0.25) is 0 Å². The highest BCUT2D eigenvalue weighted by molar-refractivity contribution is 6.37. The molecular weight excluding hydrogens is 404 g/mol. The van der Waals surface area contributed by atoms with Crippen LogP contribution in [-0.2, 0) is 25.8 Å². The molecule has 0 spiro atoms. The molecule has 0 aromatic heterocycles. The Morgan fingerprint density at radius 2 is 1.75 bits per heavy atom. The Kier molecular flexibility index (Phi) is 7.57. The van der Waals surface area contributed by atoms with Gasteiger partial charge in [0.25, 0.3) is 5.91 Å². The molecule has 0 heterocycles. The van der Waals surface area contributed by atoms with Crippen LogP contribution in [0.15, 0.2) is 47.6 Å². The van der Waals surface area contributed by atoms with Crippen molar-refractivity contribution in [1.82, 2.24) is 5.32 Å². The maximum absolute atomic E-state index is 13.0. The summed E-state index contributed by atoms with van der Waals surface area (Å²) in [6.45, 7) is 8.06. The molecule has 2 atom stereocenters. The molecule has 1 amide bonds. The Morgan fingerprint density at radius 1 is 1.09 bits per heavy atom. The van der Waals surface area contributed by atoms with Crippen LogP contribution in [0.1, 0.15) is 53.5 Å². The molecule has 1 saturated carbocycles. The molecule has 0 radical (unpaired) electrons. The van der Waals surface area contributed by atoms with Crippen molar-refractivity contribution in [3.63, 3.8) is 0 Å². The molecule has 1 fully saturated rings. The van der Waals surface area contributed by atoms with Crippen LogP contribution in [0, 0.1) is 26.7 Å². The minimum atomic E-state index is -0.689. The molecule has 32 heavy (non-hydrogen) atoms. The number of oxime groups is 1. The minimum absolute atomic E-state index is 0.0339. The molecule has 1 aliphatic rings. The van der Waals surface area contributed by atoms with Gasteiger partial charge in [-0.1, -0.05) is 53.2 Å². The van der Waals surface area contributed by atoms with Crippen LogP contribution in [0.3, 0.4) is 0 Å². The average molecular weight is 435 g/mol. The molecule has 168 valence electrons. The Hall–Kier alpha value is -3.28. The van der Waals surface area contributed by atoms with Gasteiger partial charge in [0.1, 0.15) is 24.0 Å².